The van der Waals surface area contributed by atoms with Gasteiger partial charge in [-0.3, -0.25) is 4.79 Å². The molecule has 9 heteroatoms. The standard InChI is InChI=1S/C18H22N2O6S/c1-12-15(16(21)19-13-6-4-5-7-14(13)25-2)18(26-17(12)22)8-10-20(11-9-18)27(3,23)24/h4-7H,8-11H2,1-3H3,(H,19,21). The van der Waals surface area contributed by atoms with Crippen molar-refractivity contribution in [2.45, 2.75) is 25.4 Å². The molecule has 3 rings (SSSR count). The van der Waals surface area contributed by atoms with Gasteiger partial charge in [0, 0.05) is 31.5 Å². The van der Waals surface area contributed by atoms with Crippen molar-refractivity contribution in [3.63, 3.8) is 0 Å². The average Bonchev–Trinajstić information content (AvgIpc) is 2.85. The van der Waals surface area contributed by atoms with Crippen molar-refractivity contribution in [3.8, 4) is 5.75 Å². The van der Waals surface area contributed by atoms with Gasteiger partial charge in [0.15, 0.2) is 0 Å². The Bertz CT molecular complexity index is 914. The van der Waals surface area contributed by atoms with Gasteiger partial charge in [0.2, 0.25) is 10.0 Å². The molecule has 0 atom stereocenters. The predicted molar refractivity (Wildman–Crippen MR) is 98.8 cm³/mol. The Kier molecular flexibility index (Phi) is 5.00. The number of nitrogens with one attached hydrogen (secondary N) is 1. The van der Waals surface area contributed by atoms with E-state index in [9.17, 15) is 18.0 Å². The molecule has 0 bridgehead atoms. The smallest absolute Gasteiger partial charge is 0.335 e. The van der Waals surface area contributed by atoms with E-state index in [2.05, 4.69) is 5.32 Å². The van der Waals surface area contributed by atoms with Gasteiger partial charge in [0.25, 0.3) is 5.91 Å². The van der Waals surface area contributed by atoms with Gasteiger partial charge in [-0.15, -0.1) is 0 Å². The van der Waals surface area contributed by atoms with Crippen LogP contribution in [-0.4, -0.2) is 56.7 Å². The molecule has 1 fully saturated rings. The first kappa shape index (κ1) is 19.4. The first-order valence-electron chi connectivity index (χ1n) is 8.52. The van der Waals surface area contributed by atoms with Crippen LogP contribution in [0, 0.1) is 0 Å². The van der Waals surface area contributed by atoms with Crippen molar-refractivity contribution in [2.75, 3.05) is 31.8 Å². The van der Waals surface area contributed by atoms with Crippen molar-refractivity contribution in [2.24, 2.45) is 0 Å². The van der Waals surface area contributed by atoms with Crippen LogP contribution in [0.15, 0.2) is 35.4 Å². The summed E-state index contributed by atoms with van der Waals surface area (Å²) in [4.78, 5) is 25.2. The molecule has 0 saturated carbocycles. The number of anilines is 1. The summed E-state index contributed by atoms with van der Waals surface area (Å²) in [6, 6.07) is 6.95. The van der Waals surface area contributed by atoms with Gasteiger partial charge in [-0.2, -0.15) is 0 Å². The summed E-state index contributed by atoms with van der Waals surface area (Å²) in [6.07, 6.45) is 1.61. The van der Waals surface area contributed by atoms with E-state index in [1.54, 1.807) is 31.2 Å². The Hall–Kier alpha value is -2.39. The number of benzene rings is 1. The first-order chi connectivity index (χ1) is 12.7. The van der Waals surface area contributed by atoms with Crippen LogP contribution in [0.4, 0.5) is 5.69 Å². The lowest BCUT2D eigenvalue weighted by Gasteiger charge is -2.38. The molecule has 27 heavy (non-hydrogen) atoms. The summed E-state index contributed by atoms with van der Waals surface area (Å²) in [5.41, 5.74) is -0.121. The predicted octanol–water partition coefficient (Wildman–Crippen LogP) is 1.30. The van der Waals surface area contributed by atoms with Gasteiger partial charge in [0.05, 0.1) is 24.6 Å². The molecular weight excluding hydrogens is 372 g/mol. The molecule has 0 aliphatic carbocycles. The highest BCUT2D eigenvalue weighted by Crippen LogP contribution is 2.42. The summed E-state index contributed by atoms with van der Waals surface area (Å²) in [5, 5.41) is 2.78. The third kappa shape index (κ3) is 3.57. The Morgan fingerprint density at radius 1 is 1.26 bits per heavy atom. The van der Waals surface area contributed by atoms with Crippen molar-refractivity contribution >= 4 is 27.6 Å². The molecule has 0 radical (unpaired) electrons. The Labute approximate surface area is 158 Å². The van der Waals surface area contributed by atoms with Crippen molar-refractivity contribution in [1.29, 1.82) is 0 Å². The summed E-state index contributed by atoms with van der Waals surface area (Å²) in [6.45, 7) is 1.92. The Morgan fingerprint density at radius 2 is 1.89 bits per heavy atom. The van der Waals surface area contributed by atoms with E-state index < -0.39 is 27.5 Å². The minimum atomic E-state index is -3.33. The Morgan fingerprint density at radius 3 is 2.48 bits per heavy atom. The quantitative estimate of drug-likeness (QED) is 0.773. The highest BCUT2D eigenvalue weighted by atomic mass is 32.2. The fourth-order valence-corrected chi connectivity index (χ4v) is 4.44. The number of rotatable bonds is 4. The third-order valence-corrected chi connectivity index (χ3v) is 6.31. The molecule has 1 spiro atoms. The summed E-state index contributed by atoms with van der Waals surface area (Å²) in [7, 11) is -1.83. The fraction of sp³-hybridized carbons (Fsp3) is 0.444. The van der Waals surface area contributed by atoms with Crippen LogP contribution in [0.1, 0.15) is 19.8 Å². The fourth-order valence-electron chi connectivity index (χ4n) is 3.59. The maximum absolute atomic E-state index is 13.0. The number of hydrogen-bond acceptors (Lipinski definition) is 6. The number of hydrogen-bond donors (Lipinski definition) is 1. The van der Waals surface area contributed by atoms with Crippen LogP contribution in [-0.2, 0) is 24.3 Å². The highest BCUT2D eigenvalue weighted by Gasteiger charge is 2.51. The monoisotopic (exact) mass is 394 g/mol. The lowest BCUT2D eigenvalue weighted by molar-refractivity contribution is -0.149. The maximum atomic E-state index is 13.0. The van der Waals surface area contributed by atoms with E-state index in [-0.39, 0.29) is 37.1 Å². The Balaban J connectivity index is 1.88. The zero-order valence-corrected chi connectivity index (χ0v) is 16.3. The topological polar surface area (TPSA) is 102 Å². The number of esters is 1. The second-order valence-electron chi connectivity index (χ2n) is 6.70. The van der Waals surface area contributed by atoms with Crippen LogP contribution < -0.4 is 10.1 Å². The number of piperidine rings is 1. The van der Waals surface area contributed by atoms with Crippen LogP contribution in [0.2, 0.25) is 0 Å². The van der Waals surface area contributed by atoms with Crippen LogP contribution in [0.25, 0.3) is 0 Å². The van der Waals surface area contributed by atoms with Gasteiger partial charge in [-0.1, -0.05) is 12.1 Å². The number of ether oxygens (including phenoxy) is 2. The third-order valence-electron chi connectivity index (χ3n) is 5.01. The number of carbonyl (C=O) groups excluding carboxylic acids is 2. The normalized spacial score (nSPS) is 19.9. The van der Waals surface area contributed by atoms with Crippen LogP contribution >= 0.6 is 0 Å². The molecule has 146 valence electrons. The number of para-hydroxylation sites is 2. The minimum Gasteiger partial charge on any atom is -0.495 e. The van der Waals surface area contributed by atoms with Gasteiger partial charge in [0.1, 0.15) is 11.4 Å². The summed E-state index contributed by atoms with van der Waals surface area (Å²) >= 11 is 0. The van der Waals surface area contributed by atoms with E-state index in [1.807, 2.05) is 0 Å². The molecule has 2 aliphatic rings. The van der Waals surface area contributed by atoms with Gasteiger partial charge < -0.3 is 14.8 Å². The lowest BCUT2D eigenvalue weighted by atomic mass is 9.83. The second kappa shape index (κ2) is 6.97. The molecule has 0 unspecified atom stereocenters. The molecule has 1 aromatic rings. The average molecular weight is 394 g/mol. The molecule has 1 amide bonds. The van der Waals surface area contributed by atoms with E-state index in [1.165, 1.54) is 11.4 Å². The van der Waals surface area contributed by atoms with Gasteiger partial charge in [-0.25, -0.2) is 17.5 Å². The van der Waals surface area contributed by atoms with Crippen LogP contribution in [0.5, 0.6) is 5.75 Å². The van der Waals surface area contributed by atoms with E-state index in [0.29, 0.717) is 11.4 Å². The number of carbonyl (C=O) groups is 2. The van der Waals surface area contributed by atoms with Crippen molar-refractivity contribution < 1.29 is 27.5 Å². The molecule has 8 nitrogen and oxygen atoms in total. The molecular formula is C18H22N2O6S. The number of nitrogens with zero attached hydrogens (tertiary/aromatic N) is 1. The van der Waals surface area contributed by atoms with Crippen LogP contribution in [0.3, 0.4) is 0 Å². The van der Waals surface area contributed by atoms with E-state index in [4.69, 9.17) is 9.47 Å². The van der Waals surface area contributed by atoms with Gasteiger partial charge >= 0.3 is 5.97 Å². The lowest BCUT2D eigenvalue weighted by Crippen LogP contribution is -2.49. The number of sulfonamides is 1. The van der Waals surface area contributed by atoms with Gasteiger partial charge in [-0.05, 0) is 19.1 Å². The van der Waals surface area contributed by atoms with Crippen molar-refractivity contribution in [1.82, 2.24) is 4.31 Å². The minimum absolute atomic E-state index is 0.185. The SMILES string of the molecule is COc1ccccc1NC(=O)C1=C(C)C(=O)OC12CCN(S(C)(=O)=O)CC2. The zero-order chi connectivity index (χ0) is 19.8. The molecule has 1 N–H and O–H groups in total. The van der Waals surface area contributed by atoms with Crippen molar-refractivity contribution in [3.05, 3.63) is 35.4 Å². The summed E-state index contributed by atoms with van der Waals surface area (Å²) in [5.74, 6) is -0.501. The molecule has 1 saturated heterocycles. The molecule has 2 aliphatic heterocycles. The second-order valence-corrected chi connectivity index (χ2v) is 8.68. The number of methoxy groups -OCH3 is 1. The highest BCUT2D eigenvalue weighted by molar-refractivity contribution is 7.88. The number of amides is 1. The molecule has 0 aromatic heterocycles. The molecule has 2 heterocycles. The zero-order valence-electron chi connectivity index (χ0n) is 15.4. The molecule has 1 aromatic carbocycles. The van der Waals surface area contributed by atoms with E-state index in [0.717, 1.165) is 6.26 Å². The van der Waals surface area contributed by atoms with E-state index >= 15 is 0 Å². The largest absolute Gasteiger partial charge is 0.495 e. The summed E-state index contributed by atoms with van der Waals surface area (Å²) < 4.78 is 35.7. The first-order valence-corrected chi connectivity index (χ1v) is 10.4. The maximum Gasteiger partial charge on any atom is 0.335 e.